The molecule has 1 N–H and O–H groups in total. The first-order valence-corrected chi connectivity index (χ1v) is 7.09. The van der Waals surface area contributed by atoms with Crippen LogP contribution < -0.4 is 5.32 Å². The van der Waals surface area contributed by atoms with Gasteiger partial charge in [0.25, 0.3) is 0 Å². The van der Waals surface area contributed by atoms with E-state index in [4.69, 9.17) is 4.74 Å². The Morgan fingerprint density at radius 3 is 2.57 bits per heavy atom. The van der Waals surface area contributed by atoms with Gasteiger partial charge in [-0.25, -0.2) is 0 Å². The SMILES string of the molecule is COC(=O)C(CNCc1cccc(C)c1)c1ccccc1. The number of carbonyl (C=O) groups is 1. The molecule has 2 aromatic rings. The molecule has 0 saturated heterocycles. The van der Waals surface area contributed by atoms with Crippen LogP contribution >= 0.6 is 0 Å². The van der Waals surface area contributed by atoms with Crippen molar-refractivity contribution in [2.45, 2.75) is 19.4 Å². The molecule has 1 atom stereocenters. The topological polar surface area (TPSA) is 38.3 Å². The van der Waals surface area contributed by atoms with Gasteiger partial charge in [0.2, 0.25) is 0 Å². The monoisotopic (exact) mass is 283 g/mol. The van der Waals surface area contributed by atoms with E-state index in [0.717, 1.165) is 12.1 Å². The Labute approximate surface area is 126 Å². The van der Waals surface area contributed by atoms with Crippen LogP contribution in [-0.2, 0) is 16.1 Å². The van der Waals surface area contributed by atoms with Crippen LogP contribution in [0.1, 0.15) is 22.6 Å². The second-order valence-electron chi connectivity index (χ2n) is 5.11. The summed E-state index contributed by atoms with van der Waals surface area (Å²) in [6.07, 6.45) is 0. The summed E-state index contributed by atoms with van der Waals surface area (Å²) in [4.78, 5) is 11.9. The number of nitrogens with one attached hydrogen (secondary N) is 1. The molecule has 21 heavy (non-hydrogen) atoms. The minimum atomic E-state index is -0.277. The average molecular weight is 283 g/mol. The van der Waals surface area contributed by atoms with E-state index in [0.29, 0.717) is 6.54 Å². The Morgan fingerprint density at radius 1 is 1.14 bits per heavy atom. The molecule has 0 saturated carbocycles. The zero-order valence-corrected chi connectivity index (χ0v) is 12.5. The van der Waals surface area contributed by atoms with E-state index >= 15 is 0 Å². The van der Waals surface area contributed by atoms with E-state index in [9.17, 15) is 4.79 Å². The van der Waals surface area contributed by atoms with Gasteiger partial charge >= 0.3 is 5.97 Å². The van der Waals surface area contributed by atoms with E-state index in [-0.39, 0.29) is 11.9 Å². The molecule has 0 spiro atoms. The van der Waals surface area contributed by atoms with Gasteiger partial charge in [0.1, 0.15) is 0 Å². The van der Waals surface area contributed by atoms with Crippen molar-refractivity contribution in [3.05, 3.63) is 71.3 Å². The predicted molar refractivity (Wildman–Crippen MR) is 84.1 cm³/mol. The van der Waals surface area contributed by atoms with Crippen LogP contribution in [0.2, 0.25) is 0 Å². The highest BCUT2D eigenvalue weighted by Gasteiger charge is 2.20. The second kappa shape index (κ2) is 7.60. The summed E-state index contributed by atoms with van der Waals surface area (Å²) < 4.78 is 4.91. The van der Waals surface area contributed by atoms with Crippen molar-refractivity contribution in [3.63, 3.8) is 0 Å². The van der Waals surface area contributed by atoms with Crippen molar-refractivity contribution in [2.75, 3.05) is 13.7 Å². The van der Waals surface area contributed by atoms with E-state index in [1.54, 1.807) is 0 Å². The van der Waals surface area contributed by atoms with Crippen molar-refractivity contribution in [1.29, 1.82) is 0 Å². The summed E-state index contributed by atoms with van der Waals surface area (Å²) in [6, 6.07) is 18.1. The molecule has 0 radical (unpaired) electrons. The number of ether oxygens (including phenoxy) is 1. The lowest BCUT2D eigenvalue weighted by Crippen LogP contribution is -2.27. The standard InChI is InChI=1S/C18H21NO2/c1-14-7-6-8-15(11-14)12-19-13-17(18(20)21-2)16-9-4-3-5-10-16/h3-11,17,19H,12-13H2,1-2H3. The first kappa shape index (κ1) is 15.3. The molecule has 0 aliphatic rings. The highest BCUT2D eigenvalue weighted by atomic mass is 16.5. The number of hydrogen-bond donors (Lipinski definition) is 1. The van der Waals surface area contributed by atoms with Crippen LogP contribution in [0, 0.1) is 6.92 Å². The highest BCUT2D eigenvalue weighted by molar-refractivity contribution is 5.78. The predicted octanol–water partition coefficient (Wildman–Crippen LogP) is 3.04. The van der Waals surface area contributed by atoms with Crippen molar-refractivity contribution < 1.29 is 9.53 Å². The molecule has 3 heteroatoms. The molecule has 0 aliphatic carbocycles. The Bertz CT molecular complexity index is 581. The Kier molecular flexibility index (Phi) is 5.52. The molecular formula is C18H21NO2. The molecule has 1 unspecified atom stereocenters. The van der Waals surface area contributed by atoms with Crippen LogP contribution in [0.3, 0.4) is 0 Å². The Morgan fingerprint density at radius 2 is 1.90 bits per heavy atom. The number of methoxy groups -OCH3 is 1. The zero-order valence-electron chi connectivity index (χ0n) is 12.5. The number of rotatable bonds is 6. The van der Waals surface area contributed by atoms with Crippen LogP contribution in [0.5, 0.6) is 0 Å². The largest absolute Gasteiger partial charge is 0.469 e. The number of benzene rings is 2. The fourth-order valence-electron chi connectivity index (χ4n) is 2.35. The minimum absolute atomic E-state index is 0.210. The van der Waals surface area contributed by atoms with E-state index < -0.39 is 0 Å². The number of aryl methyl sites for hydroxylation is 1. The van der Waals surface area contributed by atoms with Crippen molar-refractivity contribution in [2.24, 2.45) is 0 Å². The maximum Gasteiger partial charge on any atom is 0.314 e. The van der Waals surface area contributed by atoms with Gasteiger partial charge < -0.3 is 10.1 Å². The van der Waals surface area contributed by atoms with Gasteiger partial charge in [0.05, 0.1) is 13.0 Å². The molecule has 0 fully saturated rings. The van der Waals surface area contributed by atoms with Gasteiger partial charge in [0.15, 0.2) is 0 Å². The second-order valence-corrected chi connectivity index (χ2v) is 5.11. The first-order chi connectivity index (χ1) is 10.2. The Hall–Kier alpha value is -2.13. The quantitative estimate of drug-likeness (QED) is 0.828. The average Bonchev–Trinajstić information content (AvgIpc) is 2.52. The van der Waals surface area contributed by atoms with Gasteiger partial charge in [-0.05, 0) is 18.1 Å². The third-order valence-electron chi connectivity index (χ3n) is 3.45. The molecule has 2 aromatic carbocycles. The third kappa shape index (κ3) is 4.43. The molecule has 0 aromatic heterocycles. The Balaban J connectivity index is 1.98. The summed E-state index contributed by atoms with van der Waals surface area (Å²) >= 11 is 0. The van der Waals surface area contributed by atoms with Gasteiger partial charge in [-0.3, -0.25) is 4.79 Å². The number of hydrogen-bond acceptors (Lipinski definition) is 3. The minimum Gasteiger partial charge on any atom is -0.469 e. The molecule has 2 rings (SSSR count). The van der Waals surface area contributed by atoms with E-state index in [2.05, 4.69) is 30.4 Å². The smallest absolute Gasteiger partial charge is 0.314 e. The zero-order chi connectivity index (χ0) is 15.1. The van der Waals surface area contributed by atoms with Gasteiger partial charge in [-0.1, -0.05) is 60.2 Å². The lowest BCUT2D eigenvalue weighted by Gasteiger charge is -2.16. The van der Waals surface area contributed by atoms with Gasteiger partial charge in [0, 0.05) is 13.1 Å². The fraction of sp³-hybridized carbons (Fsp3) is 0.278. The molecule has 3 nitrogen and oxygen atoms in total. The van der Waals surface area contributed by atoms with Gasteiger partial charge in [-0.2, -0.15) is 0 Å². The van der Waals surface area contributed by atoms with Crippen LogP contribution in [0.25, 0.3) is 0 Å². The lowest BCUT2D eigenvalue weighted by atomic mass is 9.99. The third-order valence-corrected chi connectivity index (χ3v) is 3.45. The van der Waals surface area contributed by atoms with E-state index in [1.807, 2.05) is 36.4 Å². The normalized spacial score (nSPS) is 11.9. The van der Waals surface area contributed by atoms with Crippen molar-refractivity contribution in [3.8, 4) is 0 Å². The van der Waals surface area contributed by atoms with Gasteiger partial charge in [-0.15, -0.1) is 0 Å². The van der Waals surface area contributed by atoms with Crippen LogP contribution in [0.15, 0.2) is 54.6 Å². The molecule has 0 aliphatic heterocycles. The lowest BCUT2D eigenvalue weighted by molar-refractivity contribution is -0.142. The fourth-order valence-corrected chi connectivity index (χ4v) is 2.35. The van der Waals surface area contributed by atoms with Crippen molar-refractivity contribution >= 4 is 5.97 Å². The first-order valence-electron chi connectivity index (χ1n) is 7.09. The highest BCUT2D eigenvalue weighted by Crippen LogP contribution is 2.16. The maximum absolute atomic E-state index is 11.9. The summed E-state index contributed by atoms with van der Waals surface area (Å²) in [5.74, 6) is -0.487. The molecule has 110 valence electrons. The molecule has 0 amide bonds. The number of esters is 1. The van der Waals surface area contributed by atoms with Crippen LogP contribution in [0.4, 0.5) is 0 Å². The molecular weight excluding hydrogens is 262 g/mol. The maximum atomic E-state index is 11.9. The summed E-state index contributed by atoms with van der Waals surface area (Å²) in [5, 5.41) is 3.34. The molecule has 0 bridgehead atoms. The summed E-state index contributed by atoms with van der Waals surface area (Å²) in [6.45, 7) is 3.37. The van der Waals surface area contributed by atoms with E-state index in [1.165, 1.54) is 18.2 Å². The molecule has 0 heterocycles. The summed E-state index contributed by atoms with van der Waals surface area (Å²) in [7, 11) is 1.43. The van der Waals surface area contributed by atoms with Crippen LogP contribution in [-0.4, -0.2) is 19.6 Å². The summed E-state index contributed by atoms with van der Waals surface area (Å²) in [5.41, 5.74) is 3.43. The van der Waals surface area contributed by atoms with Crippen molar-refractivity contribution in [1.82, 2.24) is 5.32 Å². The number of carbonyl (C=O) groups excluding carboxylic acids is 1.